The number of piperidine rings is 1. The molecule has 0 radical (unpaired) electrons. The Bertz CT molecular complexity index is 712. The second kappa shape index (κ2) is 7.01. The standard InChI is InChI=1S/C22H26ClNO/c1-15-3-5-16(6-4-15)20-13-18-9-12-22(24(18)2)21(20)14-25-19-10-7-17(23)8-11-19/h3-8,10-11,18,20-22H,9,12-14H2,1-2H3/t18-,20+,21+,22+/m1/s1. The van der Waals surface area contributed by atoms with Crippen molar-refractivity contribution < 1.29 is 4.74 Å². The van der Waals surface area contributed by atoms with Crippen LogP contribution in [0.25, 0.3) is 0 Å². The first-order valence-electron chi connectivity index (χ1n) is 9.28. The Labute approximate surface area is 155 Å². The van der Waals surface area contributed by atoms with Crippen molar-refractivity contribution in [2.24, 2.45) is 5.92 Å². The van der Waals surface area contributed by atoms with Gasteiger partial charge in [0.05, 0.1) is 6.61 Å². The average molecular weight is 356 g/mol. The van der Waals surface area contributed by atoms with E-state index in [4.69, 9.17) is 16.3 Å². The van der Waals surface area contributed by atoms with Crippen LogP contribution in [0.4, 0.5) is 0 Å². The van der Waals surface area contributed by atoms with E-state index in [2.05, 4.69) is 43.1 Å². The number of rotatable bonds is 4. The zero-order valence-electron chi connectivity index (χ0n) is 15.0. The Morgan fingerprint density at radius 2 is 1.76 bits per heavy atom. The molecule has 2 aromatic carbocycles. The van der Waals surface area contributed by atoms with Crippen LogP contribution in [-0.4, -0.2) is 30.6 Å². The summed E-state index contributed by atoms with van der Waals surface area (Å²) in [4.78, 5) is 2.60. The van der Waals surface area contributed by atoms with Crippen LogP contribution in [0.3, 0.4) is 0 Å². The molecule has 25 heavy (non-hydrogen) atoms. The van der Waals surface area contributed by atoms with Crippen LogP contribution in [0, 0.1) is 12.8 Å². The maximum atomic E-state index is 6.19. The molecule has 0 aliphatic carbocycles. The van der Waals surface area contributed by atoms with Crippen molar-refractivity contribution in [3.05, 3.63) is 64.7 Å². The molecule has 2 fully saturated rings. The van der Waals surface area contributed by atoms with Gasteiger partial charge in [0.25, 0.3) is 0 Å². The molecule has 0 N–H and O–H groups in total. The quantitative estimate of drug-likeness (QED) is 0.738. The van der Waals surface area contributed by atoms with Gasteiger partial charge in [-0.05, 0) is 69.0 Å². The van der Waals surface area contributed by atoms with E-state index in [1.54, 1.807) is 0 Å². The van der Waals surface area contributed by atoms with Gasteiger partial charge in [0.2, 0.25) is 0 Å². The van der Waals surface area contributed by atoms with Gasteiger partial charge in [-0.25, -0.2) is 0 Å². The first-order chi connectivity index (χ1) is 12.1. The Balaban J connectivity index is 1.56. The summed E-state index contributed by atoms with van der Waals surface area (Å²) in [6.07, 6.45) is 3.85. The molecule has 2 heterocycles. The van der Waals surface area contributed by atoms with Crippen molar-refractivity contribution in [1.29, 1.82) is 0 Å². The van der Waals surface area contributed by atoms with Crippen molar-refractivity contribution in [3.63, 3.8) is 0 Å². The van der Waals surface area contributed by atoms with Gasteiger partial charge in [-0.2, -0.15) is 0 Å². The summed E-state index contributed by atoms with van der Waals surface area (Å²) in [6.45, 7) is 2.92. The largest absolute Gasteiger partial charge is 0.493 e. The third-order valence-corrected chi connectivity index (χ3v) is 6.45. The van der Waals surface area contributed by atoms with Gasteiger partial charge in [-0.1, -0.05) is 41.4 Å². The molecular formula is C22H26ClNO. The maximum absolute atomic E-state index is 6.19. The highest BCUT2D eigenvalue weighted by Gasteiger charge is 2.46. The second-order valence-electron chi connectivity index (χ2n) is 7.65. The van der Waals surface area contributed by atoms with Gasteiger partial charge in [-0.3, -0.25) is 0 Å². The minimum Gasteiger partial charge on any atom is -0.493 e. The lowest BCUT2D eigenvalue weighted by molar-refractivity contribution is 0.0666. The van der Waals surface area contributed by atoms with Gasteiger partial charge in [0.15, 0.2) is 0 Å². The molecule has 0 unspecified atom stereocenters. The number of hydrogen-bond donors (Lipinski definition) is 0. The van der Waals surface area contributed by atoms with Crippen LogP contribution in [0.5, 0.6) is 5.75 Å². The summed E-state index contributed by atoms with van der Waals surface area (Å²) in [6, 6.07) is 18.2. The van der Waals surface area contributed by atoms with Crippen LogP contribution in [0.1, 0.15) is 36.3 Å². The highest BCUT2D eigenvalue weighted by atomic mass is 35.5. The third kappa shape index (κ3) is 3.43. The molecule has 2 nitrogen and oxygen atoms in total. The Morgan fingerprint density at radius 3 is 2.48 bits per heavy atom. The zero-order valence-corrected chi connectivity index (χ0v) is 15.7. The van der Waals surface area contributed by atoms with Gasteiger partial charge < -0.3 is 9.64 Å². The predicted octanol–water partition coefficient (Wildman–Crippen LogP) is 5.29. The number of aryl methyl sites for hydroxylation is 1. The van der Waals surface area contributed by atoms with Crippen molar-refractivity contribution in [1.82, 2.24) is 4.90 Å². The number of benzene rings is 2. The fourth-order valence-electron chi connectivity index (χ4n) is 4.72. The normalized spacial score (nSPS) is 28.9. The summed E-state index contributed by atoms with van der Waals surface area (Å²) in [5.41, 5.74) is 2.80. The van der Waals surface area contributed by atoms with E-state index in [-0.39, 0.29) is 0 Å². The smallest absolute Gasteiger partial charge is 0.119 e. The van der Waals surface area contributed by atoms with Gasteiger partial charge in [0.1, 0.15) is 5.75 Å². The van der Waals surface area contributed by atoms with Gasteiger partial charge in [0, 0.05) is 23.0 Å². The fraction of sp³-hybridized carbons (Fsp3) is 0.455. The zero-order chi connectivity index (χ0) is 17.4. The Morgan fingerprint density at radius 1 is 1.04 bits per heavy atom. The van der Waals surface area contributed by atoms with E-state index in [1.807, 2.05) is 24.3 Å². The first-order valence-corrected chi connectivity index (χ1v) is 9.66. The molecule has 2 aliphatic rings. The van der Waals surface area contributed by atoms with E-state index in [0.29, 0.717) is 17.9 Å². The molecule has 3 heteroatoms. The van der Waals surface area contributed by atoms with Crippen molar-refractivity contribution in [3.8, 4) is 5.75 Å². The summed E-state index contributed by atoms with van der Waals surface area (Å²) in [7, 11) is 2.29. The first kappa shape index (κ1) is 16.9. The van der Waals surface area contributed by atoms with E-state index in [9.17, 15) is 0 Å². The third-order valence-electron chi connectivity index (χ3n) is 6.19. The van der Waals surface area contributed by atoms with Gasteiger partial charge in [-0.15, -0.1) is 0 Å². The summed E-state index contributed by atoms with van der Waals surface area (Å²) < 4.78 is 6.19. The van der Waals surface area contributed by atoms with Crippen LogP contribution >= 0.6 is 11.6 Å². The van der Waals surface area contributed by atoms with E-state index < -0.39 is 0 Å². The van der Waals surface area contributed by atoms with Crippen LogP contribution in [0.15, 0.2) is 48.5 Å². The predicted molar refractivity (Wildman–Crippen MR) is 104 cm³/mol. The number of halogens is 1. The van der Waals surface area contributed by atoms with Gasteiger partial charge >= 0.3 is 0 Å². The number of nitrogens with zero attached hydrogens (tertiary/aromatic N) is 1. The number of fused-ring (bicyclic) bond motifs is 2. The molecule has 2 aromatic rings. The molecule has 2 aliphatic heterocycles. The van der Waals surface area contributed by atoms with Crippen molar-refractivity contribution in [2.75, 3.05) is 13.7 Å². The van der Waals surface area contributed by atoms with E-state index in [1.165, 1.54) is 30.4 Å². The molecule has 4 rings (SSSR count). The molecular weight excluding hydrogens is 330 g/mol. The van der Waals surface area contributed by atoms with Crippen LogP contribution in [-0.2, 0) is 0 Å². The summed E-state index contributed by atoms with van der Waals surface area (Å²) >= 11 is 5.98. The van der Waals surface area contributed by atoms with E-state index >= 15 is 0 Å². The molecule has 2 bridgehead atoms. The monoisotopic (exact) mass is 355 g/mol. The second-order valence-corrected chi connectivity index (χ2v) is 8.08. The van der Waals surface area contributed by atoms with Crippen molar-refractivity contribution in [2.45, 2.75) is 44.2 Å². The SMILES string of the molecule is Cc1ccc([C@@H]2C[C@H]3CC[C@@H]([C@H]2COc2ccc(Cl)cc2)N3C)cc1. The molecule has 0 saturated carbocycles. The van der Waals surface area contributed by atoms with Crippen LogP contribution in [0.2, 0.25) is 5.02 Å². The molecule has 132 valence electrons. The molecule has 2 saturated heterocycles. The van der Waals surface area contributed by atoms with Crippen molar-refractivity contribution >= 4 is 11.6 Å². The number of hydrogen-bond acceptors (Lipinski definition) is 2. The lowest BCUT2D eigenvalue weighted by Gasteiger charge is -2.43. The minimum atomic E-state index is 0.530. The fourth-order valence-corrected chi connectivity index (χ4v) is 4.85. The number of ether oxygens (including phenoxy) is 1. The Hall–Kier alpha value is -1.51. The molecule has 4 atom stereocenters. The average Bonchev–Trinajstić information content (AvgIpc) is 2.86. The van der Waals surface area contributed by atoms with Crippen LogP contribution < -0.4 is 4.74 Å². The summed E-state index contributed by atoms with van der Waals surface area (Å²) in [5.74, 6) is 2.03. The lowest BCUT2D eigenvalue weighted by atomic mass is 9.76. The molecule has 0 amide bonds. The summed E-state index contributed by atoms with van der Waals surface area (Å²) in [5, 5.41) is 0.751. The maximum Gasteiger partial charge on any atom is 0.119 e. The molecule has 0 aromatic heterocycles. The van der Waals surface area contributed by atoms with E-state index in [0.717, 1.165) is 23.4 Å². The lowest BCUT2D eigenvalue weighted by Crippen LogP contribution is -2.47. The minimum absolute atomic E-state index is 0.530. The topological polar surface area (TPSA) is 12.5 Å². The Kier molecular flexibility index (Phi) is 4.75. The highest BCUT2D eigenvalue weighted by Crippen LogP contribution is 2.46. The highest BCUT2D eigenvalue weighted by molar-refractivity contribution is 6.30. The molecule has 0 spiro atoms.